The first-order valence-corrected chi connectivity index (χ1v) is 3.92. The van der Waals surface area contributed by atoms with Gasteiger partial charge in [-0.05, 0) is 6.92 Å². The number of ether oxygens (including phenoxy) is 1. The minimum absolute atomic E-state index is 0.253. The molecule has 3 nitrogen and oxygen atoms in total. The van der Waals surface area contributed by atoms with E-state index in [1.807, 2.05) is 0 Å². The molecule has 0 unspecified atom stereocenters. The molecule has 1 saturated heterocycles. The zero-order valence-electron chi connectivity index (χ0n) is 7.04. The van der Waals surface area contributed by atoms with Crippen molar-refractivity contribution < 1.29 is 14.6 Å². The quantitative estimate of drug-likeness (QED) is 0.477. The number of hydrogen-bond acceptors (Lipinski definition) is 3. The molecule has 1 N–H and O–H groups in total. The Balaban J connectivity index is 2.87. The predicted molar refractivity (Wildman–Crippen MR) is 43.1 cm³/mol. The van der Waals surface area contributed by atoms with Crippen LogP contribution in [0.4, 0.5) is 0 Å². The van der Waals surface area contributed by atoms with Gasteiger partial charge in [0.25, 0.3) is 0 Å². The Kier molecular flexibility index (Phi) is 2.39. The van der Waals surface area contributed by atoms with Crippen LogP contribution in [0.15, 0.2) is 0 Å². The lowest BCUT2D eigenvalue weighted by molar-refractivity contribution is -0.150. The van der Waals surface area contributed by atoms with Crippen LogP contribution in [0.5, 0.6) is 0 Å². The molecule has 1 aliphatic heterocycles. The van der Waals surface area contributed by atoms with E-state index < -0.39 is 11.5 Å². The maximum absolute atomic E-state index is 11.2. The first-order valence-electron chi connectivity index (χ1n) is 3.92. The van der Waals surface area contributed by atoms with Crippen LogP contribution in [0.1, 0.15) is 19.8 Å². The molecule has 66 valence electrons. The highest BCUT2D eigenvalue weighted by Gasteiger charge is 2.47. The fourth-order valence-electron chi connectivity index (χ4n) is 1.44. The highest BCUT2D eigenvalue weighted by Crippen LogP contribution is 2.36. The van der Waals surface area contributed by atoms with Crippen LogP contribution in [0.2, 0.25) is 0 Å². The van der Waals surface area contributed by atoms with Crippen molar-refractivity contribution in [2.24, 2.45) is 5.41 Å². The second-order valence-electron chi connectivity index (χ2n) is 3.10. The summed E-state index contributed by atoms with van der Waals surface area (Å²) in [7, 11) is 0. The van der Waals surface area contributed by atoms with Gasteiger partial charge in [0, 0.05) is 12.8 Å². The summed E-state index contributed by atoms with van der Waals surface area (Å²) in [5, 5.41) is 9.41. The van der Waals surface area contributed by atoms with Gasteiger partial charge in [-0.2, -0.15) is 0 Å². The Bertz CT molecular complexity index is 226. The average Bonchev–Trinajstić information content (AvgIpc) is 2.34. The standard InChI is InChI=1S/C9H12O3/c1-3-4-9(7(2)10)5-6-12-8(9)11/h1,7,10H,4-6H2,2H3/t7-,9+/m1/s1. The number of terminal acetylenes is 1. The Morgan fingerprint density at radius 3 is 2.92 bits per heavy atom. The molecule has 0 aromatic heterocycles. The average molecular weight is 168 g/mol. The molecule has 0 amide bonds. The molecule has 1 fully saturated rings. The van der Waals surface area contributed by atoms with E-state index in [1.54, 1.807) is 6.92 Å². The Morgan fingerprint density at radius 2 is 2.58 bits per heavy atom. The van der Waals surface area contributed by atoms with E-state index in [1.165, 1.54) is 0 Å². The molecule has 1 rings (SSSR count). The third-order valence-corrected chi connectivity index (χ3v) is 2.41. The van der Waals surface area contributed by atoms with Crippen molar-refractivity contribution in [3.05, 3.63) is 0 Å². The molecule has 12 heavy (non-hydrogen) atoms. The second kappa shape index (κ2) is 3.16. The van der Waals surface area contributed by atoms with Crippen molar-refractivity contribution in [1.29, 1.82) is 0 Å². The van der Waals surface area contributed by atoms with Gasteiger partial charge in [-0.3, -0.25) is 4.79 Å². The monoisotopic (exact) mass is 168 g/mol. The topological polar surface area (TPSA) is 46.5 Å². The molecule has 0 radical (unpaired) electrons. The number of carbonyl (C=O) groups is 1. The van der Waals surface area contributed by atoms with E-state index in [-0.39, 0.29) is 12.4 Å². The summed E-state index contributed by atoms with van der Waals surface area (Å²) in [6.07, 6.45) is 5.17. The van der Waals surface area contributed by atoms with Crippen LogP contribution in [0, 0.1) is 17.8 Å². The summed E-state index contributed by atoms with van der Waals surface area (Å²) >= 11 is 0. The summed E-state index contributed by atoms with van der Waals surface area (Å²) in [5.74, 6) is 2.04. The number of esters is 1. The Morgan fingerprint density at radius 1 is 1.92 bits per heavy atom. The van der Waals surface area contributed by atoms with Crippen LogP contribution in [0.25, 0.3) is 0 Å². The lowest BCUT2D eigenvalue weighted by Crippen LogP contribution is -2.37. The second-order valence-corrected chi connectivity index (χ2v) is 3.10. The van der Waals surface area contributed by atoms with Gasteiger partial charge in [0.15, 0.2) is 0 Å². The van der Waals surface area contributed by atoms with Gasteiger partial charge >= 0.3 is 5.97 Å². The lowest BCUT2D eigenvalue weighted by Gasteiger charge is -2.24. The number of cyclic esters (lactones) is 1. The number of hydrogen-bond donors (Lipinski definition) is 1. The van der Waals surface area contributed by atoms with Crippen LogP contribution in [-0.2, 0) is 9.53 Å². The first kappa shape index (κ1) is 9.08. The van der Waals surface area contributed by atoms with Gasteiger partial charge in [0.2, 0.25) is 0 Å². The van der Waals surface area contributed by atoms with Crippen molar-refractivity contribution in [2.45, 2.75) is 25.9 Å². The maximum Gasteiger partial charge on any atom is 0.315 e. The minimum atomic E-state index is -0.839. The van der Waals surface area contributed by atoms with E-state index in [9.17, 15) is 9.90 Å². The third kappa shape index (κ3) is 1.19. The SMILES string of the molecule is C#CC[C@@]1([C@@H](C)O)CCOC1=O. The molecule has 0 aromatic rings. The fourth-order valence-corrected chi connectivity index (χ4v) is 1.44. The number of aliphatic hydroxyl groups excluding tert-OH is 1. The van der Waals surface area contributed by atoms with Crippen LogP contribution in [-0.4, -0.2) is 23.8 Å². The molecule has 0 aromatic carbocycles. The Labute approximate surface area is 71.7 Å². The fraction of sp³-hybridized carbons (Fsp3) is 0.667. The van der Waals surface area contributed by atoms with E-state index in [0.717, 1.165) is 0 Å². The molecule has 0 bridgehead atoms. The van der Waals surface area contributed by atoms with Gasteiger partial charge in [0.1, 0.15) is 5.41 Å². The molecule has 1 heterocycles. The zero-order chi connectivity index (χ0) is 9.19. The van der Waals surface area contributed by atoms with Crippen molar-refractivity contribution in [2.75, 3.05) is 6.61 Å². The van der Waals surface area contributed by atoms with Gasteiger partial charge < -0.3 is 9.84 Å². The molecule has 3 heteroatoms. The van der Waals surface area contributed by atoms with Crippen molar-refractivity contribution >= 4 is 5.97 Å². The third-order valence-electron chi connectivity index (χ3n) is 2.41. The van der Waals surface area contributed by atoms with E-state index in [0.29, 0.717) is 13.0 Å². The molecule has 0 saturated carbocycles. The predicted octanol–water partition coefficient (Wildman–Crippen LogP) is 0.324. The van der Waals surface area contributed by atoms with Gasteiger partial charge in [-0.25, -0.2) is 0 Å². The summed E-state index contributed by atoms with van der Waals surface area (Å²) in [4.78, 5) is 11.2. The number of aliphatic hydroxyl groups is 1. The molecular formula is C9H12O3. The Hall–Kier alpha value is -1.01. The first-order chi connectivity index (χ1) is 5.63. The molecule has 2 atom stereocenters. The minimum Gasteiger partial charge on any atom is -0.465 e. The van der Waals surface area contributed by atoms with Crippen LogP contribution < -0.4 is 0 Å². The van der Waals surface area contributed by atoms with E-state index >= 15 is 0 Å². The smallest absolute Gasteiger partial charge is 0.315 e. The van der Waals surface area contributed by atoms with E-state index in [4.69, 9.17) is 11.2 Å². The molecule has 1 aliphatic rings. The summed E-state index contributed by atoms with van der Waals surface area (Å²) < 4.78 is 4.79. The zero-order valence-corrected chi connectivity index (χ0v) is 7.04. The normalized spacial score (nSPS) is 30.9. The summed E-state index contributed by atoms with van der Waals surface area (Å²) in [6.45, 7) is 1.94. The largest absolute Gasteiger partial charge is 0.465 e. The van der Waals surface area contributed by atoms with Crippen molar-refractivity contribution in [3.8, 4) is 12.3 Å². The van der Waals surface area contributed by atoms with Crippen LogP contribution >= 0.6 is 0 Å². The van der Waals surface area contributed by atoms with Gasteiger partial charge in [-0.1, -0.05) is 0 Å². The van der Waals surface area contributed by atoms with Gasteiger partial charge in [-0.15, -0.1) is 12.3 Å². The molecule has 0 spiro atoms. The van der Waals surface area contributed by atoms with E-state index in [2.05, 4.69) is 5.92 Å². The number of rotatable bonds is 2. The maximum atomic E-state index is 11.2. The van der Waals surface area contributed by atoms with Crippen molar-refractivity contribution in [3.63, 3.8) is 0 Å². The number of carbonyl (C=O) groups excluding carboxylic acids is 1. The summed E-state index contributed by atoms with van der Waals surface area (Å²) in [6, 6.07) is 0. The highest BCUT2D eigenvalue weighted by molar-refractivity contribution is 5.79. The van der Waals surface area contributed by atoms with Crippen LogP contribution in [0.3, 0.4) is 0 Å². The van der Waals surface area contributed by atoms with Crippen molar-refractivity contribution in [1.82, 2.24) is 0 Å². The molecule has 0 aliphatic carbocycles. The van der Waals surface area contributed by atoms with Gasteiger partial charge in [0.05, 0.1) is 12.7 Å². The lowest BCUT2D eigenvalue weighted by atomic mass is 9.78. The summed E-state index contributed by atoms with van der Waals surface area (Å²) in [5.41, 5.74) is -0.839. The highest BCUT2D eigenvalue weighted by atomic mass is 16.5. The molecular weight excluding hydrogens is 156 g/mol.